The van der Waals surface area contributed by atoms with Gasteiger partial charge in [-0.3, -0.25) is 9.48 Å². The summed E-state index contributed by atoms with van der Waals surface area (Å²) in [6, 6.07) is 7.79. The van der Waals surface area contributed by atoms with E-state index in [-0.39, 0.29) is 35.9 Å². The van der Waals surface area contributed by atoms with Crippen molar-refractivity contribution in [2.24, 2.45) is 12.0 Å². The topological polar surface area (TPSA) is 83.3 Å². The first-order chi connectivity index (χ1) is 13.8. The van der Waals surface area contributed by atoms with Gasteiger partial charge in [-0.2, -0.15) is 5.10 Å². The molecule has 1 aromatic carbocycles. The zero-order chi connectivity index (χ0) is 21.4. The molecule has 0 spiro atoms. The predicted molar refractivity (Wildman–Crippen MR) is 133 cm³/mol. The van der Waals surface area contributed by atoms with E-state index in [1.807, 2.05) is 56.8 Å². The number of nitrogens with one attached hydrogen (secondary N) is 3. The lowest BCUT2D eigenvalue weighted by atomic mass is 10.1. The summed E-state index contributed by atoms with van der Waals surface area (Å²) in [4.78, 5) is 17.0. The number of nitrogens with zero attached hydrogens (tertiary/aromatic N) is 3. The van der Waals surface area contributed by atoms with Crippen LogP contribution in [0.15, 0.2) is 29.3 Å². The summed E-state index contributed by atoms with van der Waals surface area (Å²) < 4.78 is 1.90. The van der Waals surface area contributed by atoms with Crippen LogP contribution in [0.2, 0.25) is 0 Å². The third-order valence-corrected chi connectivity index (χ3v) is 5.03. The maximum atomic E-state index is 12.4. The number of carbonyl (C=O) groups is 1. The molecule has 1 amide bonds. The van der Waals surface area contributed by atoms with Crippen molar-refractivity contribution in [2.75, 3.05) is 6.54 Å². The molecule has 7 nitrogen and oxygen atoms in total. The number of rotatable bonds is 8. The fraction of sp³-hybridized carbons (Fsp3) is 0.500. The number of amides is 1. The average molecular weight is 526 g/mol. The Morgan fingerprint density at radius 1 is 1.23 bits per heavy atom. The van der Waals surface area contributed by atoms with Gasteiger partial charge in [0.2, 0.25) is 0 Å². The second-order valence-corrected chi connectivity index (χ2v) is 7.30. The normalized spacial score (nSPS) is 12.1. The van der Waals surface area contributed by atoms with Gasteiger partial charge in [0.25, 0.3) is 5.91 Å². The van der Waals surface area contributed by atoms with Crippen LogP contribution in [0.3, 0.4) is 0 Å². The molecule has 2 aromatic rings. The Hall–Kier alpha value is -2.10. The highest BCUT2D eigenvalue weighted by molar-refractivity contribution is 14.0. The van der Waals surface area contributed by atoms with Crippen molar-refractivity contribution in [3.8, 4) is 0 Å². The number of aryl methyl sites for hydroxylation is 2. The molecule has 0 aliphatic carbocycles. The molecular formula is C22H35IN6O. The van der Waals surface area contributed by atoms with E-state index in [0.717, 1.165) is 35.9 Å². The molecule has 0 aliphatic heterocycles. The SMILES string of the molecule is CCNC(=NCc1cccc(C(=O)NC(C)CC)c1)NCc1c(C)nn(C)c1C.I. The quantitative estimate of drug-likeness (QED) is 0.280. The van der Waals surface area contributed by atoms with Crippen LogP contribution in [0.1, 0.15) is 60.1 Å². The number of halogens is 1. The maximum absolute atomic E-state index is 12.4. The van der Waals surface area contributed by atoms with Crippen molar-refractivity contribution in [1.29, 1.82) is 0 Å². The van der Waals surface area contributed by atoms with E-state index in [2.05, 4.69) is 39.9 Å². The summed E-state index contributed by atoms with van der Waals surface area (Å²) in [5, 5.41) is 14.1. The van der Waals surface area contributed by atoms with Gasteiger partial charge in [0, 0.05) is 43.0 Å². The Labute approximate surface area is 197 Å². The van der Waals surface area contributed by atoms with Gasteiger partial charge in [0.15, 0.2) is 5.96 Å². The van der Waals surface area contributed by atoms with Gasteiger partial charge in [-0.25, -0.2) is 4.99 Å². The molecule has 1 aromatic heterocycles. The first kappa shape index (κ1) is 25.9. The van der Waals surface area contributed by atoms with Crippen molar-refractivity contribution in [1.82, 2.24) is 25.7 Å². The highest BCUT2D eigenvalue weighted by atomic mass is 127. The molecule has 0 fully saturated rings. The number of aliphatic imine (C=N–C) groups is 1. The third kappa shape index (κ3) is 7.30. The lowest BCUT2D eigenvalue weighted by Gasteiger charge is -2.13. The summed E-state index contributed by atoms with van der Waals surface area (Å²) >= 11 is 0. The zero-order valence-corrected chi connectivity index (χ0v) is 21.2. The van der Waals surface area contributed by atoms with Crippen molar-refractivity contribution in [3.63, 3.8) is 0 Å². The van der Waals surface area contributed by atoms with Crippen molar-refractivity contribution in [3.05, 3.63) is 52.3 Å². The molecule has 0 saturated heterocycles. The summed E-state index contributed by atoms with van der Waals surface area (Å²) in [5.41, 5.74) is 5.01. The van der Waals surface area contributed by atoms with Crippen LogP contribution < -0.4 is 16.0 Å². The largest absolute Gasteiger partial charge is 0.357 e. The van der Waals surface area contributed by atoms with Crippen LogP contribution >= 0.6 is 24.0 Å². The predicted octanol–water partition coefficient (Wildman–Crippen LogP) is 3.44. The summed E-state index contributed by atoms with van der Waals surface area (Å²) in [5.74, 6) is 0.697. The van der Waals surface area contributed by atoms with E-state index in [9.17, 15) is 4.79 Å². The fourth-order valence-corrected chi connectivity index (χ4v) is 2.98. The Morgan fingerprint density at radius 2 is 1.97 bits per heavy atom. The molecule has 8 heteroatoms. The molecule has 166 valence electrons. The fourth-order valence-electron chi connectivity index (χ4n) is 2.98. The van der Waals surface area contributed by atoms with Crippen LogP contribution in [-0.4, -0.2) is 34.2 Å². The minimum atomic E-state index is -0.0438. The van der Waals surface area contributed by atoms with Gasteiger partial charge in [0.05, 0.1) is 12.2 Å². The number of hydrogen-bond acceptors (Lipinski definition) is 3. The molecule has 1 atom stereocenters. The Balaban J connectivity index is 0.00000450. The molecule has 0 bridgehead atoms. The van der Waals surface area contributed by atoms with E-state index in [1.54, 1.807) is 0 Å². The summed E-state index contributed by atoms with van der Waals surface area (Å²) in [6.45, 7) is 12.1. The van der Waals surface area contributed by atoms with Crippen LogP contribution in [0, 0.1) is 13.8 Å². The average Bonchev–Trinajstić information content (AvgIpc) is 2.95. The lowest BCUT2D eigenvalue weighted by Crippen LogP contribution is -2.37. The Kier molecular flexibility index (Phi) is 10.9. The molecule has 2 rings (SSSR count). The number of benzene rings is 1. The first-order valence-electron chi connectivity index (χ1n) is 10.3. The number of aromatic nitrogens is 2. The number of guanidine groups is 1. The Morgan fingerprint density at radius 3 is 2.57 bits per heavy atom. The molecular weight excluding hydrogens is 491 g/mol. The van der Waals surface area contributed by atoms with Gasteiger partial charge in [0.1, 0.15) is 0 Å². The minimum absolute atomic E-state index is 0. The van der Waals surface area contributed by atoms with Gasteiger partial charge in [-0.05, 0) is 51.8 Å². The lowest BCUT2D eigenvalue weighted by molar-refractivity contribution is 0.0939. The van der Waals surface area contributed by atoms with Gasteiger partial charge < -0.3 is 16.0 Å². The maximum Gasteiger partial charge on any atom is 0.251 e. The second kappa shape index (κ2) is 12.6. The van der Waals surface area contributed by atoms with E-state index in [1.165, 1.54) is 5.56 Å². The van der Waals surface area contributed by atoms with Gasteiger partial charge in [-0.15, -0.1) is 24.0 Å². The number of carbonyl (C=O) groups excluding carboxylic acids is 1. The summed E-state index contributed by atoms with van der Waals surface area (Å²) in [7, 11) is 1.95. The van der Waals surface area contributed by atoms with Crippen LogP contribution in [0.5, 0.6) is 0 Å². The van der Waals surface area contributed by atoms with E-state index in [4.69, 9.17) is 0 Å². The molecule has 0 saturated carbocycles. The second-order valence-electron chi connectivity index (χ2n) is 7.30. The highest BCUT2D eigenvalue weighted by Crippen LogP contribution is 2.11. The smallest absolute Gasteiger partial charge is 0.251 e. The zero-order valence-electron chi connectivity index (χ0n) is 18.9. The Bertz CT molecular complexity index is 861. The van der Waals surface area contributed by atoms with E-state index < -0.39 is 0 Å². The summed E-state index contributed by atoms with van der Waals surface area (Å²) in [6.07, 6.45) is 0.906. The molecule has 30 heavy (non-hydrogen) atoms. The molecule has 0 aliphatic rings. The van der Waals surface area contributed by atoms with Crippen molar-refractivity contribution in [2.45, 2.75) is 60.2 Å². The van der Waals surface area contributed by atoms with Gasteiger partial charge >= 0.3 is 0 Å². The first-order valence-corrected chi connectivity index (χ1v) is 10.3. The van der Waals surface area contributed by atoms with Crippen LogP contribution in [-0.2, 0) is 20.1 Å². The minimum Gasteiger partial charge on any atom is -0.357 e. The number of hydrogen-bond donors (Lipinski definition) is 3. The van der Waals surface area contributed by atoms with Crippen molar-refractivity contribution < 1.29 is 4.79 Å². The molecule has 3 N–H and O–H groups in total. The molecule has 0 radical (unpaired) electrons. The molecule has 1 heterocycles. The van der Waals surface area contributed by atoms with E-state index in [0.29, 0.717) is 18.7 Å². The monoisotopic (exact) mass is 526 g/mol. The van der Waals surface area contributed by atoms with Crippen molar-refractivity contribution >= 4 is 35.8 Å². The third-order valence-electron chi connectivity index (χ3n) is 5.03. The standard InChI is InChI=1S/C22H34N6O.HI/c1-7-15(3)26-21(29)19-11-9-10-18(12-19)13-24-22(23-8-2)25-14-20-16(4)27-28(6)17(20)5;/h9-12,15H,7-8,13-14H2,1-6H3,(H,26,29)(H2,23,24,25);1H. The highest BCUT2D eigenvalue weighted by Gasteiger charge is 2.11. The molecule has 1 unspecified atom stereocenters. The van der Waals surface area contributed by atoms with Crippen LogP contribution in [0.25, 0.3) is 0 Å². The van der Waals surface area contributed by atoms with E-state index >= 15 is 0 Å². The van der Waals surface area contributed by atoms with Gasteiger partial charge in [-0.1, -0.05) is 19.1 Å². The van der Waals surface area contributed by atoms with Crippen LogP contribution in [0.4, 0.5) is 0 Å².